The highest BCUT2D eigenvalue weighted by atomic mass is 16.3. The molecule has 0 aliphatic heterocycles. The first kappa shape index (κ1) is 27.5. The van der Waals surface area contributed by atoms with Crippen LogP contribution in [0.2, 0.25) is 0 Å². The molecule has 0 unspecified atom stereocenters. The Balaban J connectivity index is 1.31. The van der Waals surface area contributed by atoms with Gasteiger partial charge in [-0.05, 0) is 83.2 Å². The first-order valence-corrected chi connectivity index (χ1v) is 16.7. The summed E-state index contributed by atoms with van der Waals surface area (Å²) >= 11 is 0. The maximum atomic E-state index is 6.33. The number of aromatic nitrogens is 1. The molecule has 0 saturated carbocycles. The van der Waals surface area contributed by atoms with Crippen LogP contribution < -0.4 is 4.90 Å². The van der Waals surface area contributed by atoms with Crippen LogP contribution in [-0.2, 0) is 0 Å². The summed E-state index contributed by atoms with van der Waals surface area (Å²) < 4.78 is 8.72. The minimum absolute atomic E-state index is 0.900. The third kappa shape index (κ3) is 4.29. The first-order valence-electron chi connectivity index (χ1n) is 16.7. The van der Waals surface area contributed by atoms with Gasteiger partial charge in [0, 0.05) is 38.3 Å². The van der Waals surface area contributed by atoms with E-state index >= 15 is 0 Å². The number of anilines is 3. The highest BCUT2D eigenvalue weighted by Gasteiger charge is 2.23. The van der Waals surface area contributed by atoms with Gasteiger partial charge in [0.1, 0.15) is 11.2 Å². The number of fused-ring (bicyclic) bond motifs is 8. The van der Waals surface area contributed by atoms with Gasteiger partial charge in [0.25, 0.3) is 0 Å². The van der Waals surface area contributed by atoms with Crippen molar-refractivity contribution in [1.29, 1.82) is 0 Å². The van der Waals surface area contributed by atoms with E-state index in [-0.39, 0.29) is 0 Å². The molecule has 0 radical (unpaired) electrons. The molecule has 0 fully saturated rings. The van der Waals surface area contributed by atoms with Crippen molar-refractivity contribution in [3.05, 3.63) is 182 Å². The van der Waals surface area contributed by atoms with Crippen LogP contribution in [0.25, 0.3) is 71.3 Å². The monoisotopic (exact) mass is 626 g/mol. The summed E-state index contributed by atoms with van der Waals surface area (Å²) in [6.07, 6.45) is 0. The zero-order valence-electron chi connectivity index (χ0n) is 26.6. The van der Waals surface area contributed by atoms with Crippen LogP contribution in [-0.4, -0.2) is 4.57 Å². The number of rotatable bonds is 5. The highest BCUT2D eigenvalue weighted by Crippen LogP contribution is 2.47. The Morgan fingerprint density at radius 3 is 1.92 bits per heavy atom. The number of nitrogens with zero attached hydrogens (tertiary/aromatic N) is 2. The molecule has 0 atom stereocenters. The van der Waals surface area contributed by atoms with Crippen LogP contribution in [0.15, 0.2) is 186 Å². The SMILES string of the molecule is c1ccc(-c2cccc(N(c3cccc4c3ccc3oc5ccccc5c34)c3cccc4c3c3ccccc3n4-c3ccccc3)c2)cc1. The lowest BCUT2D eigenvalue weighted by molar-refractivity contribution is 0.669. The lowest BCUT2D eigenvalue weighted by Crippen LogP contribution is -2.11. The van der Waals surface area contributed by atoms with Crippen molar-refractivity contribution >= 4 is 71.6 Å². The average molecular weight is 627 g/mol. The molecule has 0 bridgehead atoms. The van der Waals surface area contributed by atoms with Crippen molar-refractivity contribution in [3.8, 4) is 16.8 Å². The molecule has 3 heteroatoms. The molecule has 0 amide bonds. The van der Waals surface area contributed by atoms with Gasteiger partial charge in [-0.25, -0.2) is 0 Å². The highest BCUT2D eigenvalue weighted by molar-refractivity contribution is 6.22. The predicted octanol–water partition coefficient (Wildman–Crippen LogP) is 13.0. The van der Waals surface area contributed by atoms with E-state index in [9.17, 15) is 0 Å². The van der Waals surface area contributed by atoms with Gasteiger partial charge in [-0.2, -0.15) is 0 Å². The fraction of sp³-hybridized carbons (Fsp3) is 0. The molecule has 0 aliphatic carbocycles. The molecule has 3 nitrogen and oxygen atoms in total. The number of hydrogen-bond donors (Lipinski definition) is 0. The summed E-state index contributed by atoms with van der Waals surface area (Å²) in [6, 6.07) is 65.0. The van der Waals surface area contributed by atoms with Crippen LogP contribution in [0, 0.1) is 0 Å². The minimum atomic E-state index is 0.900. The average Bonchev–Trinajstić information content (AvgIpc) is 3.73. The molecule has 2 aromatic heterocycles. The van der Waals surface area contributed by atoms with Crippen molar-refractivity contribution in [2.45, 2.75) is 0 Å². The fourth-order valence-electron chi connectivity index (χ4n) is 7.66. The summed E-state index contributed by atoms with van der Waals surface area (Å²) in [4.78, 5) is 2.45. The zero-order chi connectivity index (χ0) is 32.3. The molecule has 10 rings (SSSR count). The molecule has 49 heavy (non-hydrogen) atoms. The largest absolute Gasteiger partial charge is 0.456 e. The summed E-state index contributed by atoms with van der Waals surface area (Å²) in [5.74, 6) is 0. The lowest BCUT2D eigenvalue weighted by atomic mass is 9.99. The second-order valence-electron chi connectivity index (χ2n) is 12.5. The molecular weight excluding hydrogens is 597 g/mol. The van der Waals surface area contributed by atoms with Crippen LogP contribution in [0.5, 0.6) is 0 Å². The van der Waals surface area contributed by atoms with Crippen molar-refractivity contribution in [1.82, 2.24) is 4.57 Å². The van der Waals surface area contributed by atoms with E-state index < -0.39 is 0 Å². The number of benzene rings is 8. The molecule has 8 aromatic carbocycles. The minimum Gasteiger partial charge on any atom is -0.456 e. The van der Waals surface area contributed by atoms with E-state index in [0.717, 1.165) is 55.6 Å². The molecule has 0 aliphatic rings. The third-order valence-electron chi connectivity index (χ3n) is 9.76. The van der Waals surface area contributed by atoms with Gasteiger partial charge in [0.2, 0.25) is 0 Å². The Morgan fingerprint density at radius 2 is 1.04 bits per heavy atom. The predicted molar refractivity (Wildman–Crippen MR) is 206 cm³/mol. The van der Waals surface area contributed by atoms with Crippen LogP contribution >= 0.6 is 0 Å². The quantitative estimate of drug-likeness (QED) is 0.190. The zero-order valence-corrected chi connectivity index (χ0v) is 26.6. The fourth-order valence-corrected chi connectivity index (χ4v) is 7.66. The van der Waals surface area contributed by atoms with Gasteiger partial charge in [0.15, 0.2) is 0 Å². The maximum absolute atomic E-state index is 6.33. The molecule has 0 N–H and O–H groups in total. The van der Waals surface area contributed by atoms with Gasteiger partial charge >= 0.3 is 0 Å². The van der Waals surface area contributed by atoms with E-state index in [4.69, 9.17) is 4.42 Å². The topological polar surface area (TPSA) is 21.3 Å². The van der Waals surface area contributed by atoms with Gasteiger partial charge in [-0.1, -0.05) is 115 Å². The van der Waals surface area contributed by atoms with Gasteiger partial charge in [0.05, 0.1) is 22.4 Å². The van der Waals surface area contributed by atoms with Gasteiger partial charge < -0.3 is 13.9 Å². The van der Waals surface area contributed by atoms with Crippen LogP contribution in [0.1, 0.15) is 0 Å². The van der Waals surface area contributed by atoms with Crippen molar-refractivity contribution in [2.24, 2.45) is 0 Å². The van der Waals surface area contributed by atoms with Gasteiger partial charge in [-0.15, -0.1) is 0 Å². The molecule has 10 aromatic rings. The smallest absolute Gasteiger partial charge is 0.136 e. The Labute approximate surface area is 283 Å². The van der Waals surface area contributed by atoms with Crippen LogP contribution in [0.4, 0.5) is 17.1 Å². The lowest BCUT2D eigenvalue weighted by Gasteiger charge is -2.28. The molecule has 0 saturated heterocycles. The molecule has 2 heterocycles. The summed E-state index contributed by atoms with van der Waals surface area (Å²) in [5, 5.41) is 7.03. The van der Waals surface area contributed by atoms with E-state index in [0.29, 0.717) is 0 Å². The number of furan rings is 1. The second-order valence-corrected chi connectivity index (χ2v) is 12.5. The van der Waals surface area contributed by atoms with Crippen molar-refractivity contribution in [3.63, 3.8) is 0 Å². The van der Waals surface area contributed by atoms with Gasteiger partial charge in [-0.3, -0.25) is 0 Å². The Hall–Kier alpha value is -6.58. The normalized spacial score (nSPS) is 11.7. The second kappa shape index (κ2) is 11.0. The van der Waals surface area contributed by atoms with E-state index in [2.05, 4.69) is 185 Å². The summed E-state index contributed by atoms with van der Waals surface area (Å²) in [5.41, 5.74) is 11.0. The van der Waals surface area contributed by atoms with E-state index in [1.165, 1.54) is 32.8 Å². The van der Waals surface area contributed by atoms with E-state index in [1.807, 2.05) is 6.07 Å². The standard InChI is InChI=1S/C46H30N2O/c1-3-14-31(15-4-1)32-16-11-19-34(30-32)48(39-24-12-22-36-35(39)28-29-44-45(36)38-21-8-10-27-43(38)49-44)42-26-13-25-41-46(42)37-20-7-9-23-40(37)47(41)33-17-5-2-6-18-33/h1-30H. The number of hydrogen-bond acceptors (Lipinski definition) is 2. The number of para-hydroxylation sites is 3. The summed E-state index contributed by atoms with van der Waals surface area (Å²) in [7, 11) is 0. The Kier molecular flexibility index (Phi) is 6.18. The van der Waals surface area contributed by atoms with E-state index in [1.54, 1.807) is 0 Å². The third-order valence-corrected chi connectivity index (χ3v) is 9.76. The molecular formula is C46H30N2O. The maximum Gasteiger partial charge on any atom is 0.136 e. The summed E-state index contributed by atoms with van der Waals surface area (Å²) in [6.45, 7) is 0. The Morgan fingerprint density at radius 1 is 0.388 bits per heavy atom. The molecule has 230 valence electrons. The van der Waals surface area contributed by atoms with Crippen LogP contribution in [0.3, 0.4) is 0 Å². The van der Waals surface area contributed by atoms with Crippen molar-refractivity contribution in [2.75, 3.05) is 4.90 Å². The van der Waals surface area contributed by atoms with Crippen molar-refractivity contribution < 1.29 is 4.42 Å². The molecule has 0 spiro atoms. The Bertz CT molecular complexity index is 2830. The first-order chi connectivity index (χ1) is 24.3.